The topological polar surface area (TPSA) is 20.3 Å². The lowest BCUT2D eigenvalue weighted by molar-refractivity contribution is -0.121. The minimum absolute atomic E-state index is 0.136. The van der Waals surface area contributed by atoms with Crippen LogP contribution in [0.4, 0.5) is 18.9 Å². The molecule has 0 aliphatic carbocycles. The van der Waals surface area contributed by atoms with Gasteiger partial charge in [0.25, 0.3) is 0 Å². The Bertz CT molecular complexity index is 570. The van der Waals surface area contributed by atoms with Crippen LogP contribution in [0.5, 0.6) is 0 Å². The average Bonchev–Trinajstić information content (AvgIpc) is 2.49. The Labute approximate surface area is 120 Å². The number of fused-ring (bicyclic) bond motifs is 1. The summed E-state index contributed by atoms with van der Waals surface area (Å²) >= 11 is -0.136. The molecule has 0 fully saturated rings. The van der Waals surface area contributed by atoms with Gasteiger partial charge in [-0.3, -0.25) is 4.79 Å². The van der Waals surface area contributed by atoms with Gasteiger partial charge in [-0.2, -0.15) is 13.2 Å². The van der Waals surface area contributed by atoms with Gasteiger partial charge in [0.15, 0.2) is 0 Å². The largest absolute Gasteiger partial charge is 0.441 e. The fourth-order valence-electron chi connectivity index (χ4n) is 2.87. The van der Waals surface area contributed by atoms with Crippen molar-refractivity contribution in [1.29, 1.82) is 0 Å². The van der Waals surface area contributed by atoms with Gasteiger partial charge in [0.2, 0.25) is 5.91 Å². The fourth-order valence-corrected chi connectivity index (χ4v) is 3.59. The van der Waals surface area contributed by atoms with E-state index in [0.717, 1.165) is 16.8 Å². The van der Waals surface area contributed by atoms with Gasteiger partial charge in [0.05, 0.1) is 5.41 Å². The Hall–Kier alpha value is -1.17. The second-order valence-electron chi connectivity index (χ2n) is 5.41. The molecule has 1 aromatic carbocycles. The molecule has 1 aromatic rings. The van der Waals surface area contributed by atoms with Crippen molar-refractivity contribution < 1.29 is 18.0 Å². The Morgan fingerprint density at radius 3 is 2.45 bits per heavy atom. The molecule has 2 nitrogen and oxygen atoms in total. The molecule has 1 heterocycles. The summed E-state index contributed by atoms with van der Waals surface area (Å²) in [5, 5.41) is 0. The molecule has 0 N–H and O–H groups in total. The highest BCUT2D eigenvalue weighted by atomic mass is 32.2. The van der Waals surface area contributed by atoms with Crippen LogP contribution in [0.3, 0.4) is 0 Å². The highest BCUT2D eigenvalue weighted by Crippen LogP contribution is 2.47. The summed E-state index contributed by atoms with van der Waals surface area (Å²) in [6.45, 7) is 5.35. The van der Waals surface area contributed by atoms with Gasteiger partial charge in [0, 0.05) is 18.5 Å². The fraction of sp³-hybridized carbons (Fsp3) is 0.500. The van der Waals surface area contributed by atoms with Crippen LogP contribution in [0.15, 0.2) is 12.1 Å². The van der Waals surface area contributed by atoms with E-state index in [0.29, 0.717) is 5.56 Å². The molecule has 0 bridgehead atoms. The number of hydrogen-bond donors (Lipinski definition) is 0. The molecule has 0 unspecified atom stereocenters. The number of anilines is 1. The maximum atomic E-state index is 12.5. The molecule has 20 heavy (non-hydrogen) atoms. The van der Waals surface area contributed by atoms with Crippen molar-refractivity contribution in [1.82, 2.24) is 0 Å². The molecule has 0 aromatic heterocycles. The van der Waals surface area contributed by atoms with Crippen LogP contribution in [0.25, 0.3) is 0 Å². The zero-order valence-electron chi connectivity index (χ0n) is 11.8. The second-order valence-corrected chi connectivity index (χ2v) is 6.45. The molecule has 0 saturated heterocycles. The predicted molar refractivity (Wildman–Crippen MR) is 75.2 cm³/mol. The van der Waals surface area contributed by atoms with E-state index in [1.165, 1.54) is 4.90 Å². The summed E-state index contributed by atoms with van der Waals surface area (Å²) in [5.74, 6) is -0.575. The molecule has 0 saturated carbocycles. The Kier molecular flexibility index (Phi) is 3.57. The van der Waals surface area contributed by atoms with Crippen LogP contribution < -0.4 is 4.90 Å². The molecule has 0 spiro atoms. The van der Waals surface area contributed by atoms with Crippen LogP contribution in [0.2, 0.25) is 0 Å². The van der Waals surface area contributed by atoms with E-state index in [4.69, 9.17) is 0 Å². The maximum absolute atomic E-state index is 12.5. The van der Waals surface area contributed by atoms with Crippen LogP contribution >= 0.6 is 11.8 Å². The van der Waals surface area contributed by atoms with Crippen molar-refractivity contribution in [2.45, 2.75) is 31.7 Å². The number of alkyl halides is 3. The normalized spacial score (nSPS) is 22.4. The van der Waals surface area contributed by atoms with Gasteiger partial charge in [-0.15, -0.1) is 0 Å². The number of hydrogen-bond acceptors (Lipinski definition) is 2. The van der Waals surface area contributed by atoms with Gasteiger partial charge in [-0.1, -0.05) is 6.07 Å². The Morgan fingerprint density at radius 1 is 1.30 bits per heavy atom. The standard InChI is InChI=1S/C14H16F3NOS/c1-8-5-9(2)11-10(6-8)18(4)12(19)13(11,3)7-20-14(15,16)17/h5-6H,7H2,1-4H3/t13-/m1/s1. The highest BCUT2D eigenvalue weighted by molar-refractivity contribution is 8.00. The molecule has 1 aliphatic heterocycles. The number of thioether (sulfide) groups is 1. The molecular weight excluding hydrogens is 287 g/mol. The molecule has 1 aliphatic rings. The lowest BCUT2D eigenvalue weighted by Gasteiger charge is -2.24. The summed E-state index contributed by atoms with van der Waals surface area (Å²) in [6.07, 6.45) is 0. The minimum atomic E-state index is -4.33. The number of carbonyl (C=O) groups excluding carboxylic acids is 1. The van der Waals surface area contributed by atoms with E-state index in [2.05, 4.69) is 0 Å². The molecule has 110 valence electrons. The van der Waals surface area contributed by atoms with E-state index >= 15 is 0 Å². The average molecular weight is 303 g/mol. The summed E-state index contributed by atoms with van der Waals surface area (Å²) < 4.78 is 37.4. The van der Waals surface area contributed by atoms with E-state index in [1.807, 2.05) is 26.0 Å². The first-order valence-electron chi connectivity index (χ1n) is 6.17. The number of nitrogens with zero attached hydrogens (tertiary/aromatic N) is 1. The van der Waals surface area contributed by atoms with Crippen LogP contribution in [0.1, 0.15) is 23.6 Å². The number of halogens is 3. The van der Waals surface area contributed by atoms with Gasteiger partial charge >= 0.3 is 5.51 Å². The van der Waals surface area contributed by atoms with Crippen molar-refractivity contribution in [2.24, 2.45) is 0 Å². The number of rotatable bonds is 2. The molecular formula is C14H16F3NOS. The Morgan fingerprint density at radius 2 is 1.90 bits per heavy atom. The monoisotopic (exact) mass is 303 g/mol. The first-order valence-corrected chi connectivity index (χ1v) is 7.15. The summed E-state index contributed by atoms with van der Waals surface area (Å²) in [4.78, 5) is 13.9. The summed E-state index contributed by atoms with van der Waals surface area (Å²) in [5.41, 5.74) is -2.16. The second kappa shape index (κ2) is 4.69. The molecule has 0 radical (unpaired) electrons. The van der Waals surface area contributed by atoms with Gasteiger partial charge in [-0.25, -0.2) is 0 Å². The third kappa shape index (κ3) is 2.41. The summed E-state index contributed by atoms with van der Waals surface area (Å²) in [7, 11) is 1.61. The van der Waals surface area contributed by atoms with Crippen molar-refractivity contribution in [3.63, 3.8) is 0 Å². The first kappa shape index (κ1) is 15.2. The lowest BCUT2D eigenvalue weighted by Crippen LogP contribution is -2.39. The predicted octanol–water partition coefficient (Wildman–Crippen LogP) is 3.79. The van der Waals surface area contributed by atoms with Crippen LogP contribution in [-0.2, 0) is 10.2 Å². The number of likely N-dealkylation sites (N-methyl/N-ethyl adjacent to an activating group) is 1. The molecule has 6 heteroatoms. The zero-order chi connectivity index (χ0) is 15.3. The van der Waals surface area contributed by atoms with Gasteiger partial charge in [-0.05, 0) is 55.3 Å². The van der Waals surface area contributed by atoms with Crippen molar-refractivity contribution >= 4 is 23.4 Å². The third-order valence-electron chi connectivity index (χ3n) is 3.67. The number of amides is 1. The minimum Gasteiger partial charge on any atom is -0.314 e. The maximum Gasteiger partial charge on any atom is 0.441 e. The zero-order valence-corrected chi connectivity index (χ0v) is 12.6. The third-order valence-corrected chi connectivity index (χ3v) is 4.72. The molecule has 1 atom stereocenters. The molecule has 2 rings (SSSR count). The smallest absolute Gasteiger partial charge is 0.314 e. The lowest BCUT2D eigenvalue weighted by atomic mass is 9.82. The van der Waals surface area contributed by atoms with E-state index in [9.17, 15) is 18.0 Å². The van der Waals surface area contributed by atoms with Crippen LogP contribution in [-0.4, -0.2) is 24.2 Å². The van der Waals surface area contributed by atoms with Crippen molar-refractivity contribution in [3.8, 4) is 0 Å². The number of carbonyl (C=O) groups is 1. The van der Waals surface area contributed by atoms with E-state index in [1.54, 1.807) is 14.0 Å². The van der Waals surface area contributed by atoms with Gasteiger partial charge in [0.1, 0.15) is 0 Å². The number of benzene rings is 1. The SMILES string of the molecule is Cc1cc(C)c2c(c1)N(C)C(=O)[C@]2(C)CSC(F)(F)F. The van der Waals surface area contributed by atoms with Gasteiger partial charge < -0.3 is 4.90 Å². The van der Waals surface area contributed by atoms with Crippen molar-refractivity contribution in [3.05, 3.63) is 28.8 Å². The van der Waals surface area contributed by atoms with E-state index in [-0.39, 0.29) is 23.4 Å². The quantitative estimate of drug-likeness (QED) is 0.828. The molecule has 1 amide bonds. The Balaban J connectivity index is 2.49. The van der Waals surface area contributed by atoms with Crippen LogP contribution in [0, 0.1) is 13.8 Å². The van der Waals surface area contributed by atoms with Crippen molar-refractivity contribution in [2.75, 3.05) is 17.7 Å². The number of aryl methyl sites for hydroxylation is 2. The highest BCUT2D eigenvalue weighted by Gasteiger charge is 2.49. The first-order chi connectivity index (χ1) is 9.06. The summed E-state index contributed by atoms with van der Waals surface area (Å²) in [6, 6.07) is 3.76. The van der Waals surface area contributed by atoms with E-state index < -0.39 is 10.9 Å².